The van der Waals surface area contributed by atoms with Crippen LogP contribution in [-0.2, 0) is 16.5 Å². The van der Waals surface area contributed by atoms with E-state index in [1.807, 2.05) is 0 Å². The molecule has 0 unspecified atom stereocenters. The number of hydrogen-bond acceptors (Lipinski definition) is 4. The van der Waals surface area contributed by atoms with E-state index in [4.69, 9.17) is 16.5 Å². The zero-order valence-electron chi connectivity index (χ0n) is 7.12. The summed E-state index contributed by atoms with van der Waals surface area (Å²) in [6.45, 7) is 6.43. The third-order valence-corrected chi connectivity index (χ3v) is 9.22. The van der Waals surface area contributed by atoms with Crippen LogP contribution in [0.5, 0.6) is 0 Å². The SMILES string of the molecule is C[Si](C)(C)O[SiH]1O[SiH2]O[SiH2]O1. The van der Waals surface area contributed by atoms with Crippen molar-refractivity contribution in [3.8, 4) is 0 Å². The fourth-order valence-electron chi connectivity index (χ4n) is 0.646. The summed E-state index contributed by atoms with van der Waals surface area (Å²) in [6, 6.07) is 0. The Morgan fingerprint density at radius 2 is 1.73 bits per heavy atom. The molecule has 66 valence electrons. The molecule has 1 aliphatic heterocycles. The molecule has 1 fully saturated rings. The van der Waals surface area contributed by atoms with E-state index in [0.29, 0.717) is 0 Å². The van der Waals surface area contributed by atoms with E-state index >= 15 is 0 Å². The summed E-state index contributed by atoms with van der Waals surface area (Å²) in [7, 11) is -4.56. The fraction of sp³-hybridized carbons (Fsp3) is 1.00. The van der Waals surface area contributed by atoms with Gasteiger partial charge >= 0.3 is 9.53 Å². The van der Waals surface area contributed by atoms with Crippen molar-refractivity contribution in [2.24, 2.45) is 0 Å². The Morgan fingerprint density at radius 3 is 2.18 bits per heavy atom. The topological polar surface area (TPSA) is 36.9 Å². The first-order valence-corrected chi connectivity index (χ1v) is 10.7. The maximum absolute atomic E-state index is 5.70. The van der Waals surface area contributed by atoms with Crippen molar-refractivity contribution in [2.45, 2.75) is 19.6 Å². The molecule has 0 bridgehead atoms. The summed E-state index contributed by atoms with van der Waals surface area (Å²) >= 11 is 0. The largest absolute Gasteiger partial charge is 0.455 e. The fourth-order valence-corrected chi connectivity index (χ4v) is 9.64. The molecule has 1 rings (SSSR count). The van der Waals surface area contributed by atoms with Crippen LogP contribution in [0.4, 0.5) is 0 Å². The molecule has 11 heavy (non-hydrogen) atoms. The Kier molecular flexibility index (Phi) is 3.64. The van der Waals surface area contributed by atoms with Crippen LogP contribution in [0.2, 0.25) is 19.6 Å². The van der Waals surface area contributed by atoms with Gasteiger partial charge in [0.05, 0.1) is 0 Å². The molecular weight excluding hydrogens is 212 g/mol. The molecule has 0 aliphatic carbocycles. The first kappa shape index (κ1) is 9.79. The van der Waals surface area contributed by atoms with Crippen molar-refractivity contribution >= 4 is 37.9 Å². The summed E-state index contributed by atoms with van der Waals surface area (Å²) in [5.74, 6) is 0. The Balaban J connectivity index is 2.24. The molecule has 0 N–H and O–H groups in total. The number of rotatable bonds is 2. The number of hydrogen-bond donors (Lipinski definition) is 0. The lowest BCUT2D eigenvalue weighted by molar-refractivity contribution is 0.248. The molecule has 0 aromatic rings. The van der Waals surface area contributed by atoms with Gasteiger partial charge in [0.15, 0.2) is 8.32 Å². The second-order valence-electron chi connectivity index (χ2n) is 3.29. The van der Waals surface area contributed by atoms with Gasteiger partial charge in [-0.3, -0.25) is 0 Å². The molecule has 4 nitrogen and oxygen atoms in total. The van der Waals surface area contributed by atoms with Gasteiger partial charge in [-0.1, -0.05) is 0 Å². The summed E-state index contributed by atoms with van der Waals surface area (Å²) < 4.78 is 21.5. The molecule has 0 saturated carbocycles. The minimum absolute atomic E-state index is 0.712. The lowest BCUT2D eigenvalue weighted by atomic mass is 11.8. The minimum atomic E-state index is -1.69. The molecule has 0 aromatic carbocycles. The van der Waals surface area contributed by atoms with Gasteiger partial charge in [-0.25, -0.2) is 0 Å². The molecular formula is C3H14O4Si4. The molecule has 1 saturated heterocycles. The highest BCUT2D eigenvalue weighted by Crippen LogP contribution is 2.07. The zero-order valence-corrected chi connectivity index (χ0v) is 12.1. The summed E-state index contributed by atoms with van der Waals surface area (Å²) in [5, 5.41) is 0. The van der Waals surface area contributed by atoms with Crippen molar-refractivity contribution < 1.29 is 16.5 Å². The minimum Gasteiger partial charge on any atom is -0.425 e. The van der Waals surface area contributed by atoms with Crippen molar-refractivity contribution in [1.82, 2.24) is 0 Å². The molecule has 1 heterocycles. The predicted molar refractivity (Wildman–Crippen MR) is 51.9 cm³/mol. The van der Waals surface area contributed by atoms with Gasteiger partial charge < -0.3 is 16.5 Å². The lowest BCUT2D eigenvalue weighted by Crippen LogP contribution is -2.44. The Morgan fingerprint density at radius 1 is 1.18 bits per heavy atom. The van der Waals surface area contributed by atoms with Gasteiger partial charge in [-0.05, 0) is 19.6 Å². The Labute approximate surface area is 74.4 Å². The average molecular weight is 226 g/mol. The van der Waals surface area contributed by atoms with E-state index in [1.165, 1.54) is 0 Å². The predicted octanol–water partition coefficient (Wildman–Crippen LogP) is -1.38. The highest BCUT2D eigenvalue weighted by atomic mass is 28.5. The Hall–Kier alpha value is 0.708. The second-order valence-corrected chi connectivity index (χ2v) is 13.8. The maximum atomic E-state index is 5.70. The van der Waals surface area contributed by atoms with E-state index in [1.54, 1.807) is 0 Å². The lowest BCUT2D eigenvalue weighted by Gasteiger charge is -2.27. The van der Waals surface area contributed by atoms with Crippen LogP contribution in [0, 0.1) is 0 Å². The van der Waals surface area contributed by atoms with Crippen LogP contribution < -0.4 is 0 Å². The molecule has 0 amide bonds. The first-order valence-electron chi connectivity index (χ1n) is 3.57. The molecule has 1 aliphatic rings. The summed E-state index contributed by atoms with van der Waals surface area (Å²) in [5.41, 5.74) is 0. The molecule has 0 aromatic heterocycles. The van der Waals surface area contributed by atoms with Gasteiger partial charge in [0.1, 0.15) is 0 Å². The van der Waals surface area contributed by atoms with Crippen molar-refractivity contribution in [2.75, 3.05) is 0 Å². The van der Waals surface area contributed by atoms with E-state index in [9.17, 15) is 0 Å². The van der Waals surface area contributed by atoms with Gasteiger partial charge in [-0.15, -0.1) is 0 Å². The van der Waals surface area contributed by atoms with E-state index in [2.05, 4.69) is 19.6 Å². The van der Waals surface area contributed by atoms with E-state index in [-0.39, 0.29) is 0 Å². The summed E-state index contributed by atoms with van der Waals surface area (Å²) in [6.07, 6.45) is 0. The van der Waals surface area contributed by atoms with Crippen LogP contribution in [0.3, 0.4) is 0 Å². The standard InChI is InChI=1S/C3H14O4Si4/c1-11(2,3)7-10-5-8-4-9-6-10/h10H,8-9H2,1-3H3. The van der Waals surface area contributed by atoms with Gasteiger partial charge in [0.25, 0.3) is 20.0 Å². The van der Waals surface area contributed by atoms with Crippen LogP contribution in [-0.4, -0.2) is 37.9 Å². The summed E-state index contributed by atoms with van der Waals surface area (Å²) in [4.78, 5) is 0. The van der Waals surface area contributed by atoms with Crippen LogP contribution in [0.25, 0.3) is 0 Å². The normalized spacial score (nSPS) is 31.4. The molecule has 8 heteroatoms. The van der Waals surface area contributed by atoms with Crippen molar-refractivity contribution in [1.29, 1.82) is 0 Å². The highest BCUT2D eigenvalue weighted by Gasteiger charge is 2.26. The van der Waals surface area contributed by atoms with Crippen LogP contribution >= 0.6 is 0 Å². The van der Waals surface area contributed by atoms with Crippen LogP contribution in [0.1, 0.15) is 0 Å². The third-order valence-electron chi connectivity index (χ3n) is 1.02. The average Bonchev–Trinajstić information content (AvgIpc) is 1.85. The maximum Gasteiger partial charge on any atom is 0.455 e. The second kappa shape index (κ2) is 4.09. The first-order chi connectivity index (χ1) is 5.08. The van der Waals surface area contributed by atoms with Gasteiger partial charge in [0.2, 0.25) is 0 Å². The van der Waals surface area contributed by atoms with Crippen molar-refractivity contribution in [3.05, 3.63) is 0 Å². The molecule has 0 spiro atoms. The van der Waals surface area contributed by atoms with E-state index in [0.717, 1.165) is 0 Å². The van der Waals surface area contributed by atoms with Crippen molar-refractivity contribution in [3.63, 3.8) is 0 Å². The molecule has 0 radical (unpaired) electrons. The van der Waals surface area contributed by atoms with E-state index < -0.39 is 37.9 Å². The van der Waals surface area contributed by atoms with Gasteiger partial charge in [-0.2, -0.15) is 0 Å². The van der Waals surface area contributed by atoms with Crippen LogP contribution in [0.15, 0.2) is 0 Å². The van der Waals surface area contributed by atoms with Gasteiger partial charge in [0, 0.05) is 0 Å². The monoisotopic (exact) mass is 226 g/mol. The highest BCUT2D eigenvalue weighted by molar-refractivity contribution is 6.76. The zero-order chi connectivity index (χ0) is 8.32. The smallest absolute Gasteiger partial charge is 0.425 e. The Bertz CT molecular complexity index is 119. The third kappa shape index (κ3) is 4.32. The quantitative estimate of drug-likeness (QED) is 0.544. The molecule has 0 atom stereocenters.